The number of nitrogens with zero attached hydrogens (tertiary/aromatic N) is 2. The van der Waals surface area contributed by atoms with Crippen LogP contribution in [0.5, 0.6) is 0 Å². The largest absolute Gasteiger partial charge is 0.334 e. The Balaban J connectivity index is 1.87. The van der Waals surface area contributed by atoms with E-state index >= 15 is 0 Å². The first-order valence-electron chi connectivity index (χ1n) is 8.14. The van der Waals surface area contributed by atoms with Crippen molar-refractivity contribution >= 4 is 17.2 Å². The lowest BCUT2D eigenvalue weighted by molar-refractivity contribution is 0.0582. The summed E-state index contributed by atoms with van der Waals surface area (Å²) in [5.74, 6) is 0.0638. The summed E-state index contributed by atoms with van der Waals surface area (Å²) in [6.07, 6.45) is 3.18. The van der Waals surface area contributed by atoms with Gasteiger partial charge in [0.1, 0.15) is 0 Å². The lowest BCUT2D eigenvalue weighted by Crippen LogP contribution is -2.51. The average Bonchev–Trinajstić information content (AvgIpc) is 3.08. The number of likely N-dealkylation sites (tertiary alicyclic amines) is 1. The van der Waals surface area contributed by atoms with Gasteiger partial charge in [-0.1, -0.05) is 0 Å². The van der Waals surface area contributed by atoms with E-state index in [0.29, 0.717) is 5.56 Å². The number of amides is 1. The number of aromatic nitrogens is 1. The first-order chi connectivity index (χ1) is 11.1. The molecule has 0 aliphatic carbocycles. The van der Waals surface area contributed by atoms with Crippen LogP contribution < -0.4 is 5.73 Å². The maximum Gasteiger partial charge on any atom is 0.255 e. The van der Waals surface area contributed by atoms with Crippen molar-refractivity contribution in [2.75, 3.05) is 6.54 Å². The molecule has 2 unspecified atom stereocenters. The van der Waals surface area contributed by atoms with Crippen molar-refractivity contribution in [1.82, 2.24) is 9.88 Å². The quantitative estimate of drug-likeness (QED) is 0.938. The van der Waals surface area contributed by atoms with Crippen molar-refractivity contribution in [2.24, 2.45) is 5.73 Å². The molecule has 2 aromatic heterocycles. The number of carbonyl (C=O) groups is 1. The van der Waals surface area contributed by atoms with Crippen LogP contribution in [-0.2, 0) is 0 Å². The van der Waals surface area contributed by atoms with Gasteiger partial charge in [-0.2, -0.15) is 11.3 Å². The summed E-state index contributed by atoms with van der Waals surface area (Å²) in [6.45, 7) is 4.69. The molecule has 1 saturated heterocycles. The zero-order valence-electron chi connectivity index (χ0n) is 13.7. The fourth-order valence-electron chi connectivity index (χ4n) is 3.27. The molecule has 0 spiro atoms. The first-order valence-corrected chi connectivity index (χ1v) is 9.09. The van der Waals surface area contributed by atoms with Gasteiger partial charge < -0.3 is 10.6 Å². The lowest BCUT2D eigenvalue weighted by Gasteiger charge is -2.38. The van der Waals surface area contributed by atoms with E-state index in [4.69, 9.17) is 5.73 Å². The summed E-state index contributed by atoms with van der Waals surface area (Å²) in [5.41, 5.74) is 9.59. The van der Waals surface area contributed by atoms with E-state index in [1.165, 1.54) is 0 Å². The number of thiophene rings is 1. The molecule has 5 heteroatoms. The Morgan fingerprint density at radius 2 is 2.22 bits per heavy atom. The maximum atomic E-state index is 13.0. The number of pyridine rings is 1. The lowest BCUT2D eigenvalue weighted by atomic mass is 9.95. The number of hydrogen-bond donors (Lipinski definition) is 1. The average molecular weight is 329 g/mol. The third-order valence-corrected chi connectivity index (χ3v) is 5.23. The molecular formula is C18H23N3OS. The van der Waals surface area contributed by atoms with Crippen molar-refractivity contribution in [3.05, 3.63) is 40.2 Å². The highest BCUT2D eigenvalue weighted by Crippen LogP contribution is 2.25. The predicted octanol–water partition coefficient (Wildman–Crippen LogP) is 3.46. The van der Waals surface area contributed by atoms with Gasteiger partial charge in [-0.05, 0) is 56.7 Å². The molecule has 1 amide bonds. The van der Waals surface area contributed by atoms with Crippen molar-refractivity contribution in [1.29, 1.82) is 0 Å². The number of hydrogen-bond acceptors (Lipinski definition) is 4. The van der Waals surface area contributed by atoms with Crippen LogP contribution in [0.2, 0.25) is 0 Å². The molecule has 1 fully saturated rings. The summed E-state index contributed by atoms with van der Waals surface area (Å²) < 4.78 is 0. The standard InChI is InChI=1S/C18H23N3OS/c1-12(19)17-5-3-4-9-21(17)18(22)15-6-7-16(20-13(15)2)14-8-10-23-11-14/h6-8,10-12,17H,3-5,9,19H2,1-2H3. The van der Waals surface area contributed by atoms with E-state index < -0.39 is 0 Å². The number of carbonyl (C=O) groups excluding carboxylic acids is 1. The molecule has 2 aromatic rings. The highest BCUT2D eigenvalue weighted by molar-refractivity contribution is 7.08. The molecule has 2 N–H and O–H groups in total. The summed E-state index contributed by atoms with van der Waals surface area (Å²) in [6, 6.07) is 6.02. The minimum atomic E-state index is -0.00223. The molecule has 4 nitrogen and oxygen atoms in total. The normalized spacial score (nSPS) is 19.6. The maximum absolute atomic E-state index is 13.0. The molecule has 1 aliphatic heterocycles. The zero-order chi connectivity index (χ0) is 16.4. The van der Waals surface area contributed by atoms with E-state index in [9.17, 15) is 4.79 Å². The van der Waals surface area contributed by atoms with Gasteiger partial charge >= 0.3 is 0 Å². The third-order valence-electron chi connectivity index (χ3n) is 4.55. The van der Waals surface area contributed by atoms with Gasteiger partial charge in [-0.25, -0.2) is 0 Å². The smallest absolute Gasteiger partial charge is 0.255 e. The van der Waals surface area contributed by atoms with Gasteiger partial charge in [0, 0.05) is 29.6 Å². The first kappa shape index (κ1) is 16.1. The van der Waals surface area contributed by atoms with Gasteiger partial charge in [-0.15, -0.1) is 0 Å². The number of piperidine rings is 1. The van der Waals surface area contributed by atoms with Crippen LogP contribution in [0.15, 0.2) is 29.0 Å². The zero-order valence-corrected chi connectivity index (χ0v) is 14.5. The molecule has 1 aliphatic rings. The Morgan fingerprint density at radius 1 is 1.39 bits per heavy atom. The van der Waals surface area contributed by atoms with Crippen molar-refractivity contribution in [3.63, 3.8) is 0 Å². The molecule has 122 valence electrons. The Morgan fingerprint density at radius 3 is 2.87 bits per heavy atom. The summed E-state index contributed by atoms with van der Waals surface area (Å²) in [5, 5.41) is 4.10. The highest BCUT2D eigenvalue weighted by Gasteiger charge is 2.30. The van der Waals surface area contributed by atoms with E-state index in [-0.39, 0.29) is 18.0 Å². The molecule has 0 radical (unpaired) electrons. The summed E-state index contributed by atoms with van der Waals surface area (Å²) >= 11 is 1.65. The third kappa shape index (κ3) is 3.31. The number of aryl methyl sites for hydroxylation is 1. The van der Waals surface area contributed by atoms with Crippen LogP contribution in [0.1, 0.15) is 42.2 Å². The molecular weight excluding hydrogens is 306 g/mol. The van der Waals surface area contributed by atoms with E-state index in [1.54, 1.807) is 11.3 Å². The molecule has 2 atom stereocenters. The second kappa shape index (κ2) is 6.81. The van der Waals surface area contributed by atoms with Gasteiger partial charge in [0.05, 0.1) is 17.0 Å². The van der Waals surface area contributed by atoms with Crippen molar-refractivity contribution in [3.8, 4) is 11.3 Å². The Kier molecular flexibility index (Phi) is 4.78. The monoisotopic (exact) mass is 329 g/mol. The SMILES string of the molecule is Cc1nc(-c2ccsc2)ccc1C(=O)N1CCCCC1C(C)N. The second-order valence-corrected chi connectivity index (χ2v) is 7.04. The predicted molar refractivity (Wildman–Crippen MR) is 94.6 cm³/mol. The van der Waals surface area contributed by atoms with Gasteiger partial charge in [0.2, 0.25) is 0 Å². The van der Waals surface area contributed by atoms with Gasteiger partial charge in [0.25, 0.3) is 5.91 Å². The molecule has 0 saturated carbocycles. The molecule has 0 aromatic carbocycles. The van der Waals surface area contributed by atoms with Crippen LogP contribution in [0.4, 0.5) is 0 Å². The topological polar surface area (TPSA) is 59.2 Å². The van der Waals surface area contributed by atoms with Crippen LogP contribution in [-0.4, -0.2) is 34.4 Å². The van der Waals surface area contributed by atoms with Crippen LogP contribution >= 0.6 is 11.3 Å². The van der Waals surface area contributed by atoms with E-state index in [1.807, 2.05) is 42.3 Å². The van der Waals surface area contributed by atoms with E-state index in [0.717, 1.165) is 42.8 Å². The van der Waals surface area contributed by atoms with E-state index in [2.05, 4.69) is 10.4 Å². The molecule has 0 bridgehead atoms. The summed E-state index contributed by atoms with van der Waals surface area (Å²) in [4.78, 5) is 19.5. The fraction of sp³-hybridized carbons (Fsp3) is 0.444. The van der Waals surface area contributed by atoms with Gasteiger partial charge in [0.15, 0.2) is 0 Å². The highest BCUT2D eigenvalue weighted by atomic mass is 32.1. The van der Waals surface area contributed by atoms with Gasteiger partial charge in [-0.3, -0.25) is 9.78 Å². The Bertz CT molecular complexity index is 682. The molecule has 3 rings (SSSR count). The summed E-state index contributed by atoms with van der Waals surface area (Å²) in [7, 11) is 0. The van der Waals surface area contributed by atoms with Crippen LogP contribution in [0, 0.1) is 6.92 Å². The molecule has 3 heterocycles. The van der Waals surface area contributed by atoms with Crippen LogP contribution in [0.25, 0.3) is 11.3 Å². The number of nitrogens with two attached hydrogens (primary N) is 1. The second-order valence-electron chi connectivity index (χ2n) is 6.26. The minimum Gasteiger partial charge on any atom is -0.334 e. The minimum absolute atomic E-state index is 0.00223. The van der Waals surface area contributed by atoms with Crippen LogP contribution in [0.3, 0.4) is 0 Å². The van der Waals surface area contributed by atoms with Crippen molar-refractivity contribution < 1.29 is 4.79 Å². The Hall–Kier alpha value is -1.72. The number of rotatable bonds is 3. The van der Waals surface area contributed by atoms with Crippen molar-refractivity contribution in [2.45, 2.75) is 45.2 Å². The fourth-order valence-corrected chi connectivity index (χ4v) is 3.92. The Labute approximate surface area is 141 Å². The molecule has 23 heavy (non-hydrogen) atoms.